The van der Waals surface area contributed by atoms with E-state index in [2.05, 4.69) is 28.2 Å². The van der Waals surface area contributed by atoms with Gasteiger partial charge >= 0.3 is 0 Å². The van der Waals surface area contributed by atoms with Crippen LogP contribution in [-0.2, 0) is 0 Å². The maximum Gasteiger partial charge on any atom is 0.0556 e. The van der Waals surface area contributed by atoms with Crippen molar-refractivity contribution in [3.63, 3.8) is 0 Å². The monoisotopic (exact) mass is 217 g/mol. The first-order valence-electron chi connectivity index (χ1n) is 6.24. The highest BCUT2D eigenvalue weighted by Gasteiger charge is 2.36. The van der Waals surface area contributed by atoms with Crippen molar-refractivity contribution in [2.75, 3.05) is 18.0 Å². The molecule has 2 unspecified atom stereocenters. The van der Waals surface area contributed by atoms with Crippen LogP contribution in [0.1, 0.15) is 19.8 Å². The van der Waals surface area contributed by atoms with Gasteiger partial charge in [0.05, 0.1) is 11.9 Å². The molecule has 0 amide bonds. The van der Waals surface area contributed by atoms with Crippen LogP contribution in [0.25, 0.3) is 0 Å². The van der Waals surface area contributed by atoms with Crippen molar-refractivity contribution >= 4 is 5.69 Å². The zero-order valence-corrected chi connectivity index (χ0v) is 9.76. The summed E-state index contributed by atoms with van der Waals surface area (Å²) in [4.78, 5) is 6.71. The predicted molar refractivity (Wildman–Crippen MR) is 65.6 cm³/mol. The Morgan fingerprint density at radius 1 is 1.44 bits per heavy atom. The molecule has 16 heavy (non-hydrogen) atoms. The van der Waals surface area contributed by atoms with Crippen molar-refractivity contribution in [1.82, 2.24) is 10.3 Å². The quantitative estimate of drug-likeness (QED) is 0.816. The van der Waals surface area contributed by atoms with Gasteiger partial charge in [0, 0.05) is 31.4 Å². The van der Waals surface area contributed by atoms with Gasteiger partial charge < -0.3 is 10.2 Å². The van der Waals surface area contributed by atoms with Crippen molar-refractivity contribution in [2.24, 2.45) is 5.92 Å². The Hall–Kier alpha value is -1.09. The Labute approximate surface area is 96.9 Å². The van der Waals surface area contributed by atoms with Gasteiger partial charge in [-0.05, 0) is 37.8 Å². The molecule has 1 N–H and O–H groups in total. The van der Waals surface area contributed by atoms with Crippen LogP contribution >= 0.6 is 0 Å². The Morgan fingerprint density at radius 3 is 3.00 bits per heavy atom. The molecule has 0 radical (unpaired) electrons. The highest BCUT2D eigenvalue weighted by Crippen LogP contribution is 2.35. The third-order valence-electron chi connectivity index (χ3n) is 3.77. The zero-order chi connectivity index (χ0) is 11.0. The van der Waals surface area contributed by atoms with Gasteiger partial charge in [-0.2, -0.15) is 0 Å². The molecule has 0 aromatic carbocycles. The van der Waals surface area contributed by atoms with E-state index in [0.29, 0.717) is 12.1 Å². The second-order valence-corrected chi connectivity index (χ2v) is 5.06. The molecule has 2 fully saturated rings. The van der Waals surface area contributed by atoms with Gasteiger partial charge in [0.15, 0.2) is 0 Å². The molecule has 3 heteroatoms. The van der Waals surface area contributed by atoms with E-state index in [-0.39, 0.29) is 0 Å². The number of piperazine rings is 1. The first kappa shape index (κ1) is 10.1. The van der Waals surface area contributed by atoms with Crippen molar-refractivity contribution in [1.29, 1.82) is 0 Å². The van der Waals surface area contributed by atoms with E-state index in [0.717, 1.165) is 19.0 Å². The maximum absolute atomic E-state index is 4.22. The van der Waals surface area contributed by atoms with E-state index in [1.807, 2.05) is 18.5 Å². The van der Waals surface area contributed by atoms with E-state index in [4.69, 9.17) is 0 Å². The fraction of sp³-hybridized carbons (Fsp3) is 0.615. The molecule has 1 saturated carbocycles. The summed E-state index contributed by atoms with van der Waals surface area (Å²) in [5, 5.41) is 3.67. The number of hydrogen-bond donors (Lipinski definition) is 1. The minimum absolute atomic E-state index is 0.569. The van der Waals surface area contributed by atoms with E-state index in [1.54, 1.807) is 0 Å². The number of aromatic nitrogens is 1. The van der Waals surface area contributed by atoms with Gasteiger partial charge in [-0.1, -0.05) is 0 Å². The SMILES string of the molecule is CC1CNC(C2CC2)CN1c1cccnc1. The summed E-state index contributed by atoms with van der Waals surface area (Å²) in [6.07, 6.45) is 6.64. The van der Waals surface area contributed by atoms with E-state index in [9.17, 15) is 0 Å². The fourth-order valence-electron chi connectivity index (χ4n) is 2.59. The standard InChI is InChI=1S/C13H19N3/c1-10-7-15-13(11-4-5-11)9-16(10)12-3-2-6-14-8-12/h2-3,6,8,10-11,13,15H,4-5,7,9H2,1H3. The normalized spacial score (nSPS) is 30.4. The number of rotatable bonds is 2. The second-order valence-electron chi connectivity index (χ2n) is 5.06. The highest BCUT2D eigenvalue weighted by atomic mass is 15.2. The molecule has 1 aromatic rings. The van der Waals surface area contributed by atoms with Crippen molar-refractivity contribution < 1.29 is 0 Å². The Balaban J connectivity index is 1.76. The summed E-state index contributed by atoms with van der Waals surface area (Å²) < 4.78 is 0. The van der Waals surface area contributed by atoms with Crippen LogP contribution < -0.4 is 10.2 Å². The molecule has 86 valence electrons. The first-order valence-corrected chi connectivity index (χ1v) is 6.24. The molecule has 2 aliphatic rings. The van der Waals surface area contributed by atoms with E-state index < -0.39 is 0 Å². The van der Waals surface area contributed by atoms with Gasteiger partial charge in [-0.15, -0.1) is 0 Å². The van der Waals surface area contributed by atoms with Crippen LogP contribution in [0.4, 0.5) is 5.69 Å². The van der Waals surface area contributed by atoms with Crippen LogP contribution in [0.3, 0.4) is 0 Å². The maximum atomic E-state index is 4.22. The van der Waals surface area contributed by atoms with Gasteiger partial charge in [-0.3, -0.25) is 4.98 Å². The summed E-state index contributed by atoms with van der Waals surface area (Å²) in [5.41, 5.74) is 1.27. The molecular weight excluding hydrogens is 198 g/mol. The number of nitrogens with one attached hydrogen (secondary N) is 1. The molecular formula is C13H19N3. The summed E-state index contributed by atoms with van der Waals surface area (Å²) >= 11 is 0. The summed E-state index contributed by atoms with van der Waals surface area (Å²) in [7, 11) is 0. The molecule has 0 bridgehead atoms. The summed E-state index contributed by atoms with van der Waals surface area (Å²) in [6.45, 7) is 4.51. The van der Waals surface area contributed by atoms with Crippen molar-refractivity contribution in [3.05, 3.63) is 24.5 Å². The third kappa shape index (κ3) is 1.92. The summed E-state index contributed by atoms with van der Waals surface area (Å²) in [5.74, 6) is 0.923. The molecule has 1 saturated heterocycles. The first-order chi connectivity index (χ1) is 7.84. The van der Waals surface area contributed by atoms with Gasteiger partial charge in [-0.25, -0.2) is 0 Å². The predicted octanol–water partition coefficient (Wildman–Crippen LogP) is 1.66. The van der Waals surface area contributed by atoms with Gasteiger partial charge in [0.25, 0.3) is 0 Å². The van der Waals surface area contributed by atoms with Crippen LogP contribution in [-0.4, -0.2) is 30.2 Å². The minimum atomic E-state index is 0.569. The Kier molecular flexibility index (Phi) is 2.56. The van der Waals surface area contributed by atoms with Gasteiger partial charge in [0.2, 0.25) is 0 Å². The molecule has 1 aliphatic carbocycles. The lowest BCUT2D eigenvalue weighted by Crippen LogP contribution is -2.56. The second kappa shape index (κ2) is 4.06. The lowest BCUT2D eigenvalue weighted by atomic mass is 10.1. The minimum Gasteiger partial charge on any atom is -0.365 e. The third-order valence-corrected chi connectivity index (χ3v) is 3.77. The molecule has 1 aromatic heterocycles. The fourth-order valence-corrected chi connectivity index (χ4v) is 2.59. The Bertz CT molecular complexity index is 347. The van der Waals surface area contributed by atoms with Crippen molar-refractivity contribution in [3.8, 4) is 0 Å². The molecule has 3 nitrogen and oxygen atoms in total. The van der Waals surface area contributed by atoms with E-state index in [1.165, 1.54) is 18.5 Å². The average Bonchev–Trinajstić information content (AvgIpc) is 3.15. The molecule has 2 atom stereocenters. The van der Waals surface area contributed by atoms with E-state index >= 15 is 0 Å². The zero-order valence-electron chi connectivity index (χ0n) is 9.76. The topological polar surface area (TPSA) is 28.2 Å². The van der Waals surface area contributed by atoms with Gasteiger partial charge in [0.1, 0.15) is 0 Å². The number of pyridine rings is 1. The summed E-state index contributed by atoms with van der Waals surface area (Å²) in [6, 6.07) is 5.45. The highest BCUT2D eigenvalue weighted by molar-refractivity contribution is 5.45. The molecule has 3 rings (SSSR count). The smallest absolute Gasteiger partial charge is 0.0556 e. The molecule has 0 spiro atoms. The lowest BCUT2D eigenvalue weighted by Gasteiger charge is -2.40. The molecule has 1 aliphatic heterocycles. The van der Waals surface area contributed by atoms with Crippen molar-refractivity contribution in [2.45, 2.75) is 31.8 Å². The number of anilines is 1. The Morgan fingerprint density at radius 2 is 2.31 bits per heavy atom. The number of nitrogens with zero attached hydrogens (tertiary/aromatic N) is 2. The largest absolute Gasteiger partial charge is 0.365 e. The van der Waals surface area contributed by atoms with Crippen LogP contribution in [0.5, 0.6) is 0 Å². The van der Waals surface area contributed by atoms with Crippen LogP contribution in [0.2, 0.25) is 0 Å². The van der Waals surface area contributed by atoms with Crippen LogP contribution in [0.15, 0.2) is 24.5 Å². The number of hydrogen-bond acceptors (Lipinski definition) is 3. The average molecular weight is 217 g/mol. The van der Waals surface area contributed by atoms with Crippen LogP contribution in [0, 0.1) is 5.92 Å². The lowest BCUT2D eigenvalue weighted by molar-refractivity contribution is 0.376. The molecule has 2 heterocycles.